The van der Waals surface area contributed by atoms with Gasteiger partial charge in [-0.15, -0.1) is 0 Å². The predicted octanol–water partition coefficient (Wildman–Crippen LogP) is 4.95. The molecule has 0 aromatic heterocycles. The van der Waals surface area contributed by atoms with Crippen molar-refractivity contribution in [2.45, 2.75) is 31.6 Å². The number of carbonyl (C=O) groups is 1. The van der Waals surface area contributed by atoms with Crippen molar-refractivity contribution in [1.29, 1.82) is 0 Å². The lowest BCUT2D eigenvalue weighted by Crippen LogP contribution is -2.12. The van der Waals surface area contributed by atoms with Crippen LogP contribution in [-0.4, -0.2) is 11.7 Å². The van der Waals surface area contributed by atoms with E-state index in [0.29, 0.717) is 17.0 Å². The molecule has 5 heteroatoms. The lowest BCUT2D eigenvalue weighted by atomic mass is 9.97. The Morgan fingerprint density at radius 1 is 1.50 bits per heavy atom. The minimum atomic E-state index is -2.59. The van der Waals surface area contributed by atoms with Crippen molar-refractivity contribution in [1.82, 2.24) is 0 Å². The highest BCUT2D eigenvalue weighted by Gasteiger charge is 2.40. The SMILES string of the molecule is O=C(CC1CCC(F)(F)C1)c1cc(Cl)ccc1I. The van der Waals surface area contributed by atoms with Gasteiger partial charge < -0.3 is 0 Å². The van der Waals surface area contributed by atoms with Crippen LogP contribution >= 0.6 is 34.2 Å². The third-order valence-electron chi connectivity index (χ3n) is 3.21. The van der Waals surface area contributed by atoms with Crippen LogP contribution < -0.4 is 0 Å². The van der Waals surface area contributed by atoms with E-state index in [4.69, 9.17) is 11.6 Å². The zero-order valence-electron chi connectivity index (χ0n) is 9.56. The third-order valence-corrected chi connectivity index (χ3v) is 4.38. The van der Waals surface area contributed by atoms with Gasteiger partial charge in [0.2, 0.25) is 5.92 Å². The van der Waals surface area contributed by atoms with Crippen LogP contribution in [0, 0.1) is 9.49 Å². The molecule has 1 nitrogen and oxygen atoms in total. The summed E-state index contributed by atoms with van der Waals surface area (Å²) >= 11 is 7.91. The normalized spacial score (nSPS) is 22.1. The molecule has 0 bridgehead atoms. The average Bonchev–Trinajstić information content (AvgIpc) is 2.61. The van der Waals surface area contributed by atoms with Crippen LogP contribution in [0.2, 0.25) is 5.02 Å². The zero-order valence-corrected chi connectivity index (χ0v) is 12.5. The predicted molar refractivity (Wildman–Crippen MR) is 75.4 cm³/mol. The molecule has 98 valence electrons. The van der Waals surface area contributed by atoms with Gasteiger partial charge in [-0.1, -0.05) is 11.6 Å². The van der Waals surface area contributed by atoms with Crippen LogP contribution in [-0.2, 0) is 0 Å². The fourth-order valence-corrected chi connectivity index (χ4v) is 3.11. The Morgan fingerprint density at radius 2 is 2.22 bits per heavy atom. The van der Waals surface area contributed by atoms with E-state index in [1.165, 1.54) is 0 Å². The molecule has 0 aliphatic heterocycles. The summed E-state index contributed by atoms with van der Waals surface area (Å²) in [5.41, 5.74) is 0.540. The lowest BCUT2D eigenvalue weighted by molar-refractivity contribution is 0.00497. The monoisotopic (exact) mass is 384 g/mol. The summed E-state index contributed by atoms with van der Waals surface area (Å²) in [4.78, 5) is 12.1. The van der Waals surface area contributed by atoms with Gasteiger partial charge in [-0.3, -0.25) is 4.79 Å². The minimum absolute atomic E-state index is 0.0930. The zero-order chi connectivity index (χ0) is 13.3. The second-order valence-electron chi connectivity index (χ2n) is 4.72. The number of benzene rings is 1. The largest absolute Gasteiger partial charge is 0.294 e. The smallest absolute Gasteiger partial charge is 0.248 e. The van der Waals surface area contributed by atoms with Gasteiger partial charge >= 0.3 is 0 Å². The highest BCUT2D eigenvalue weighted by Crippen LogP contribution is 2.40. The Bertz CT molecular complexity index is 476. The van der Waals surface area contributed by atoms with Crippen LogP contribution in [0.25, 0.3) is 0 Å². The summed E-state index contributed by atoms with van der Waals surface area (Å²) < 4.78 is 26.9. The number of hydrogen-bond acceptors (Lipinski definition) is 1. The Balaban J connectivity index is 2.06. The summed E-state index contributed by atoms with van der Waals surface area (Å²) in [6.45, 7) is 0. The molecule has 1 atom stereocenters. The maximum Gasteiger partial charge on any atom is 0.248 e. The highest BCUT2D eigenvalue weighted by molar-refractivity contribution is 14.1. The summed E-state index contributed by atoms with van der Waals surface area (Å²) in [7, 11) is 0. The Labute approximate surface area is 123 Å². The van der Waals surface area contributed by atoms with Crippen LogP contribution in [0.4, 0.5) is 8.78 Å². The molecule has 1 aromatic carbocycles. The molecule has 1 aliphatic rings. The van der Waals surface area contributed by atoms with Crippen molar-refractivity contribution >= 4 is 40.0 Å². The summed E-state index contributed by atoms with van der Waals surface area (Å²) in [5.74, 6) is -2.89. The van der Waals surface area contributed by atoms with Gasteiger partial charge in [0.1, 0.15) is 0 Å². The molecule has 2 rings (SSSR count). The molecule has 0 amide bonds. The molecule has 1 saturated carbocycles. The molecule has 1 fully saturated rings. The second-order valence-corrected chi connectivity index (χ2v) is 6.31. The Morgan fingerprint density at radius 3 is 2.83 bits per heavy atom. The van der Waals surface area contributed by atoms with E-state index in [9.17, 15) is 13.6 Å². The molecule has 0 radical (unpaired) electrons. The van der Waals surface area contributed by atoms with E-state index >= 15 is 0 Å². The fourth-order valence-electron chi connectivity index (χ4n) is 2.30. The van der Waals surface area contributed by atoms with Gasteiger partial charge in [0, 0.05) is 33.4 Å². The molecule has 0 heterocycles. The van der Waals surface area contributed by atoms with Gasteiger partial charge in [-0.2, -0.15) is 0 Å². The topological polar surface area (TPSA) is 17.1 Å². The van der Waals surface area contributed by atoms with Gasteiger partial charge in [0.15, 0.2) is 5.78 Å². The summed E-state index contributed by atoms with van der Waals surface area (Å²) in [6, 6.07) is 5.09. The molecule has 1 aliphatic carbocycles. The van der Waals surface area contributed by atoms with Crippen molar-refractivity contribution in [3.05, 3.63) is 32.4 Å². The maximum absolute atomic E-state index is 13.1. The van der Waals surface area contributed by atoms with Crippen LogP contribution in [0.15, 0.2) is 18.2 Å². The van der Waals surface area contributed by atoms with Crippen molar-refractivity contribution in [3.63, 3.8) is 0 Å². The highest BCUT2D eigenvalue weighted by atomic mass is 127. The number of rotatable bonds is 3. The molecular weight excluding hydrogens is 372 g/mol. The number of ketones is 1. The minimum Gasteiger partial charge on any atom is -0.294 e. The number of Topliss-reactive ketones (excluding diaryl/α,β-unsaturated/α-hetero) is 1. The third kappa shape index (κ3) is 3.41. The number of halogens is 4. The number of carbonyl (C=O) groups excluding carboxylic acids is 1. The van der Waals surface area contributed by atoms with Crippen LogP contribution in [0.1, 0.15) is 36.0 Å². The average molecular weight is 385 g/mol. The van der Waals surface area contributed by atoms with Crippen LogP contribution in [0.3, 0.4) is 0 Å². The van der Waals surface area contributed by atoms with Gasteiger partial charge in [-0.05, 0) is 53.1 Å². The molecule has 0 saturated heterocycles. The standard InChI is InChI=1S/C13H12ClF2IO/c14-9-1-2-11(17)10(6-9)12(18)5-8-3-4-13(15,16)7-8/h1-2,6,8H,3-5,7H2. The first kappa shape index (κ1) is 14.2. The molecule has 1 unspecified atom stereocenters. The van der Waals surface area contributed by atoms with Crippen molar-refractivity contribution in [3.8, 4) is 0 Å². The van der Waals surface area contributed by atoms with Gasteiger partial charge in [-0.25, -0.2) is 8.78 Å². The quantitative estimate of drug-likeness (QED) is 0.532. The maximum atomic E-state index is 13.1. The number of alkyl halides is 2. The van der Waals surface area contributed by atoms with Gasteiger partial charge in [0.25, 0.3) is 0 Å². The second kappa shape index (κ2) is 5.41. The first-order chi connectivity index (χ1) is 8.37. The van der Waals surface area contributed by atoms with Crippen LogP contribution in [0.5, 0.6) is 0 Å². The fraction of sp³-hybridized carbons (Fsp3) is 0.462. The first-order valence-electron chi connectivity index (χ1n) is 5.73. The molecule has 18 heavy (non-hydrogen) atoms. The summed E-state index contributed by atoms with van der Waals surface area (Å²) in [6.07, 6.45) is 0.343. The molecular formula is C13H12ClF2IO. The van der Waals surface area contributed by atoms with E-state index in [1.807, 2.05) is 0 Å². The van der Waals surface area contributed by atoms with E-state index in [2.05, 4.69) is 22.6 Å². The molecule has 1 aromatic rings. The summed E-state index contributed by atoms with van der Waals surface area (Å²) in [5, 5.41) is 0.496. The van der Waals surface area contributed by atoms with E-state index in [1.54, 1.807) is 18.2 Å². The first-order valence-corrected chi connectivity index (χ1v) is 7.19. The van der Waals surface area contributed by atoms with E-state index in [-0.39, 0.29) is 31.0 Å². The Hall–Kier alpha value is -0.230. The van der Waals surface area contributed by atoms with E-state index in [0.717, 1.165) is 3.57 Å². The Kier molecular flexibility index (Phi) is 4.26. The van der Waals surface area contributed by atoms with E-state index < -0.39 is 5.92 Å². The van der Waals surface area contributed by atoms with Gasteiger partial charge in [0.05, 0.1) is 0 Å². The van der Waals surface area contributed by atoms with Crippen molar-refractivity contribution in [2.24, 2.45) is 5.92 Å². The lowest BCUT2D eigenvalue weighted by Gasteiger charge is -2.10. The van der Waals surface area contributed by atoms with Crippen molar-refractivity contribution < 1.29 is 13.6 Å². The molecule has 0 spiro atoms. The number of hydrogen-bond donors (Lipinski definition) is 0. The van der Waals surface area contributed by atoms with Crippen molar-refractivity contribution in [2.75, 3.05) is 0 Å². The molecule has 0 N–H and O–H groups in total.